The number of hydrogen-bond acceptors (Lipinski definition) is 5. The van der Waals surface area contributed by atoms with Crippen LogP contribution in [0.1, 0.15) is 44.0 Å². The van der Waals surface area contributed by atoms with Crippen LogP contribution in [0.2, 0.25) is 5.02 Å². The monoisotopic (exact) mass is 385 g/mol. The Kier molecular flexibility index (Phi) is 5.20. The average molecular weight is 386 g/mol. The molecule has 0 unspecified atom stereocenters. The Morgan fingerprint density at radius 3 is 2.78 bits per heavy atom. The van der Waals surface area contributed by atoms with Gasteiger partial charge in [0.25, 0.3) is 0 Å². The largest absolute Gasteiger partial charge is 0.339 e. The van der Waals surface area contributed by atoms with E-state index >= 15 is 0 Å². The second-order valence-electron chi connectivity index (χ2n) is 6.67. The number of aromatic nitrogens is 4. The van der Waals surface area contributed by atoms with Gasteiger partial charge in [-0.25, -0.2) is 4.68 Å². The molecule has 1 aliphatic carbocycles. The summed E-state index contributed by atoms with van der Waals surface area (Å²) in [6, 6.07) is 9.42. The number of nitrogens with zero attached hydrogens (tertiary/aromatic N) is 4. The number of carbonyl (C=O) groups is 1. The van der Waals surface area contributed by atoms with Crippen LogP contribution in [0.5, 0.6) is 0 Å². The van der Waals surface area contributed by atoms with Gasteiger partial charge >= 0.3 is 0 Å². The van der Waals surface area contributed by atoms with Crippen molar-refractivity contribution in [3.63, 3.8) is 0 Å². The van der Waals surface area contributed by atoms with Gasteiger partial charge in [-0.15, -0.1) is 0 Å². The van der Waals surface area contributed by atoms with Gasteiger partial charge in [-0.2, -0.15) is 10.1 Å². The zero-order chi connectivity index (χ0) is 18.6. The molecule has 2 aromatic heterocycles. The van der Waals surface area contributed by atoms with Gasteiger partial charge < -0.3 is 9.84 Å². The first-order valence-corrected chi connectivity index (χ1v) is 9.49. The zero-order valence-electron chi connectivity index (χ0n) is 14.8. The summed E-state index contributed by atoms with van der Waals surface area (Å²) < 4.78 is 7.18. The van der Waals surface area contributed by atoms with E-state index in [1.165, 1.54) is 12.8 Å². The number of anilines is 1. The van der Waals surface area contributed by atoms with Crippen LogP contribution in [-0.4, -0.2) is 25.8 Å². The van der Waals surface area contributed by atoms with Crippen molar-refractivity contribution in [1.29, 1.82) is 0 Å². The van der Waals surface area contributed by atoms with Crippen molar-refractivity contribution in [2.24, 2.45) is 0 Å². The lowest BCUT2D eigenvalue weighted by Gasteiger charge is -2.14. The molecule has 1 amide bonds. The molecule has 1 N–H and O–H groups in total. The SMILES string of the molecule is O=C(CCc1nc(-c2ccc(Cl)cc2)no1)Nc1ccnn1C1CCCC1. The molecule has 7 nitrogen and oxygen atoms in total. The van der Waals surface area contributed by atoms with E-state index in [2.05, 4.69) is 20.6 Å². The predicted molar refractivity (Wildman–Crippen MR) is 101 cm³/mol. The fourth-order valence-corrected chi connectivity index (χ4v) is 3.48. The number of carbonyl (C=O) groups excluding carboxylic acids is 1. The van der Waals surface area contributed by atoms with Crippen LogP contribution in [0, 0.1) is 0 Å². The van der Waals surface area contributed by atoms with Crippen LogP contribution in [0.25, 0.3) is 11.4 Å². The smallest absolute Gasteiger partial charge is 0.227 e. The van der Waals surface area contributed by atoms with E-state index in [0.717, 1.165) is 24.2 Å². The van der Waals surface area contributed by atoms with Gasteiger partial charge in [0.05, 0.1) is 12.2 Å². The van der Waals surface area contributed by atoms with E-state index in [0.29, 0.717) is 29.2 Å². The zero-order valence-corrected chi connectivity index (χ0v) is 15.5. The second-order valence-corrected chi connectivity index (χ2v) is 7.10. The summed E-state index contributed by atoms with van der Waals surface area (Å²) >= 11 is 5.88. The van der Waals surface area contributed by atoms with Gasteiger partial charge in [0.2, 0.25) is 17.6 Å². The minimum absolute atomic E-state index is 0.0963. The van der Waals surface area contributed by atoms with E-state index in [1.54, 1.807) is 18.3 Å². The number of nitrogens with one attached hydrogen (secondary N) is 1. The van der Waals surface area contributed by atoms with Crippen molar-refractivity contribution in [2.45, 2.75) is 44.6 Å². The minimum atomic E-state index is -0.0963. The number of halogens is 1. The van der Waals surface area contributed by atoms with Crippen molar-refractivity contribution < 1.29 is 9.32 Å². The second kappa shape index (κ2) is 7.92. The third kappa shape index (κ3) is 4.19. The van der Waals surface area contributed by atoms with E-state index in [1.807, 2.05) is 22.9 Å². The van der Waals surface area contributed by atoms with Gasteiger partial charge in [-0.3, -0.25) is 4.79 Å². The Morgan fingerprint density at radius 1 is 1.22 bits per heavy atom. The van der Waals surface area contributed by atoms with E-state index in [9.17, 15) is 4.79 Å². The van der Waals surface area contributed by atoms with Gasteiger partial charge in [0, 0.05) is 29.5 Å². The van der Waals surface area contributed by atoms with Crippen molar-refractivity contribution in [3.05, 3.63) is 47.4 Å². The highest BCUT2D eigenvalue weighted by atomic mass is 35.5. The summed E-state index contributed by atoms with van der Waals surface area (Å²) in [5, 5.41) is 11.9. The summed E-state index contributed by atoms with van der Waals surface area (Å²) in [4.78, 5) is 16.6. The minimum Gasteiger partial charge on any atom is -0.339 e. The van der Waals surface area contributed by atoms with Crippen molar-refractivity contribution in [1.82, 2.24) is 19.9 Å². The number of benzene rings is 1. The maximum Gasteiger partial charge on any atom is 0.227 e. The molecule has 27 heavy (non-hydrogen) atoms. The van der Waals surface area contributed by atoms with Crippen molar-refractivity contribution in [3.8, 4) is 11.4 Å². The molecular formula is C19H20ClN5O2. The molecule has 1 aromatic carbocycles. The molecule has 1 fully saturated rings. The number of aryl methyl sites for hydroxylation is 1. The molecule has 0 saturated heterocycles. The topological polar surface area (TPSA) is 85.8 Å². The van der Waals surface area contributed by atoms with Gasteiger partial charge in [0.15, 0.2) is 0 Å². The lowest BCUT2D eigenvalue weighted by atomic mass is 10.2. The Hall–Kier alpha value is -2.67. The average Bonchev–Trinajstić information content (AvgIpc) is 3.42. The maximum atomic E-state index is 12.3. The van der Waals surface area contributed by atoms with Crippen LogP contribution in [0.4, 0.5) is 5.82 Å². The highest BCUT2D eigenvalue weighted by Crippen LogP contribution is 2.31. The summed E-state index contributed by atoms with van der Waals surface area (Å²) in [6.07, 6.45) is 7.02. The molecule has 0 bridgehead atoms. The first kappa shape index (κ1) is 17.7. The van der Waals surface area contributed by atoms with Crippen molar-refractivity contribution >= 4 is 23.3 Å². The van der Waals surface area contributed by atoms with Crippen LogP contribution >= 0.6 is 11.6 Å². The Balaban J connectivity index is 1.33. The molecule has 0 radical (unpaired) electrons. The quantitative estimate of drug-likeness (QED) is 0.684. The summed E-state index contributed by atoms with van der Waals surface area (Å²) in [5.74, 6) is 1.57. The van der Waals surface area contributed by atoms with E-state index < -0.39 is 0 Å². The molecule has 4 rings (SSSR count). The molecule has 3 aromatic rings. The summed E-state index contributed by atoms with van der Waals surface area (Å²) in [7, 11) is 0. The number of amides is 1. The maximum absolute atomic E-state index is 12.3. The molecular weight excluding hydrogens is 366 g/mol. The molecule has 2 heterocycles. The Bertz CT molecular complexity index is 912. The Morgan fingerprint density at radius 2 is 2.00 bits per heavy atom. The van der Waals surface area contributed by atoms with Crippen LogP contribution < -0.4 is 5.32 Å². The van der Waals surface area contributed by atoms with E-state index in [4.69, 9.17) is 16.1 Å². The molecule has 140 valence electrons. The highest BCUT2D eigenvalue weighted by molar-refractivity contribution is 6.30. The molecule has 8 heteroatoms. The van der Waals surface area contributed by atoms with Crippen LogP contribution in [-0.2, 0) is 11.2 Å². The lowest BCUT2D eigenvalue weighted by molar-refractivity contribution is -0.116. The fraction of sp³-hybridized carbons (Fsp3) is 0.368. The third-order valence-corrected chi connectivity index (χ3v) is 5.00. The lowest BCUT2D eigenvalue weighted by Crippen LogP contribution is -2.18. The Labute approximate surface area is 161 Å². The molecule has 0 spiro atoms. The summed E-state index contributed by atoms with van der Waals surface area (Å²) in [6.45, 7) is 0. The molecule has 0 aliphatic heterocycles. The first-order chi connectivity index (χ1) is 13.2. The number of rotatable bonds is 6. The van der Waals surface area contributed by atoms with Crippen LogP contribution in [0.15, 0.2) is 41.1 Å². The standard InChI is InChI=1S/C19H20ClN5O2/c20-14-7-5-13(6-8-14)19-23-18(27-24-19)10-9-17(26)22-16-11-12-21-25(16)15-3-1-2-4-15/h5-8,11-12,15H,1-4,9-10H2,(H,22,26). The van der Waals surface area contributed by atoms with Crippen molar-refractivity contribution in [2.75, 3.05) is 5.32 Å². The molecule has 1 aliphatic rings. The van der Waals surface area contributed by atoms with Crippen LogP contribution in [0.3, 0.4) is 0 Å². The van der Waals surface area contributed by atoms with E-state index in [-0.39, 0.29) is 12.3 Å². The normalized spacial score (nSPS) is 14.6. The van der Waals surface area contributed by atoms with Gasteiger partial charge in [-0.1, -0.05) is 29.6 Å². The first-order valence-electron chi connectivity index (χ1n) is 9.11. The van der Waals surface area contributed by atoms with Gasteiger partial charge in [-0.05, 0) is 37.1 Å². The molecule has 1 saturated carbocycles. The molecule has 0 atom stereocenters. The predicted octanol–water partition coefficient (Wildman–Crippen LogP) is 4.27. The highest BCUT2D eigenvalue weighted by Gasteiger charge is 2.20. The van der Waals surface area contributed by atoms with Gasteiger partial charge in [0.1, 0.15) is 5.82 Å². The third-order valence-electron chi connectivity index (χ3n) is 4.74. The number of hydrogen-bond donors (Lipinski definition) is 1. The fourth-order valence-electron chi connectivity index (χ4n) is 3.35. The summed E-state index contributed by atoms with van der Waals surface area (Å²) in [5.41, 5.74) is 0.819.